The Morgan fingerprint density at radius 3 is 2.89 bits per heavy atom. The molecule has 0 bridgehead atoms. The van der Waals surface area contributed by atoms with Gasteiger partial charge in [-0.2, -0.15) is 0 Å². The SMILES string of the molecule is CCCN(CCNC)CC1Cc2ccccc2S1. The summed E-state index contributed by atoms with van der Waals surface area (Å²) in [5.41, 5.74) is 1.54. The number of fused-ring (bicyclic) bond motifs is 1. The van der Waals surface area contributed by atoms with Crippen LogP contribution in [0.1, 0.15) is 18.9 Å². The summed E-state index contributed by atoms with van der Waals surface area (Å²) >= 11 is 2.06. The monoisotopic (exact) mass is 264 g/mol. The molecule has 1 aliphatic heterocycles. The summed E-state index contributed by atoms with van der Waals surface area (Å²) in [6.45, 7) is 6.95. The summed E-state index contributed by atoms with van der Waals surface area (Å²) in [7, 11) is 2.03. The van der Waals surface area contributed by atoms with E-state index in [1.54, 1.807) is 0 Å². The first-order valence-electron chi connectivity index (χ1n) is 6.95. The molecule has 1 aromatic rings. The highest BCUT2D eigenvalue weighted by Crippen LogP contribution is 2.36. The summed E-state index contributed by atoms with van der Waals surface area (Å²) in [5, 5.41) is 3.99. The molecule has 3 heteroatoms. The van der Waals surface area contributed by atoms with Crippen LogP contribution in [-0.2, 0) is 6.42 Å². The van der Waals surface area contributed by atoms with Crippen LogP contribution in [0.2, 0.25) is 0 Å². The molecule has 0 fully saturated rings. The molecular weight excluding hydrogens is 240 g/mol. The molecule has 0 amide bonds. The third kappa shape index (κ3) is 3.74. The van der Waals surface area contributed by atoms with Gasteiger partial charge in [0.1, 0.15) is 0 Å². The Kier molecular flexibility index (Phi) is 5.54. The van der Waals surface area contributed by atoms with Gasteiger partial charge in [-0.15, -0.1) is 11.8 Å². The van der Waals surface area contributed by atoms with Gasteiger partial charge in [-0.3, -0.25) is 0 Å². The second kappa shape index (κ2) is 7.17. The lowest BCUT2D eigenvalue weighted by Crippen LogP contribution is -2.36. The lowest BCUT2D eigenvalue weighted by Gasteiger charge is -2.24. The van der Waals surface area contributed by atoms with Crippen LogP contribution in [0.4, 0.5) is 0 Å². The Morgan fingerprint density at radius 1 is 1.33 bits per heavy atom. The van der Waals surface area contributed by atoms with E-state index in [1.165, 1.54) is 36.4 Å². The summed E-state index contributed by atoms with van der Waals surface area (Å²) in [6, 6.07) is 8.85. The molecule has 0 aliphatic carbocycles. The lowest BCUT2D eigenvalue weighted by atomic mass is 10.1. The lowest BCUT2D eigenvalue weighted by molar-refractivity contribution is 0.277. The van der Waals surface area contributed by atoms with Crippen molar-refractivity contribution >= 4 is 11.8 Å². The minimum atomic E-state index is 0.741. The van der Waals surface area contributed by atoms with Crippen molar-refractivity contribution in [2.24, 2.45) is 0 Å². The normalized spacial score (nSPS) is 18.3. The smallest absolute Gasteiger partial charge is 0.0263 e. The maximum atomic E-state index is 3.25. The van der Waals surface area contributed by atoms with Crippen molar-refractivity contribution in [3.63, 3.8) is 0 Å². The van der Waals surface area contributed by atoms with Gasteiger partial charge in [0.05, 0.1) is 0 Å². The summed E-state index contributed by atoms with van der Waals surface area (Å²) in [6.07, 6.45) is 2.48. The van der Waals surface area contributed by atoms with E-state index in [-0.39, 0.29) is 0 Å². The molecule has 1 N–H and O–H groups in total. The van der Waals surface area contributed by atoms with Gasteiger partial charge in [-0.1, -0.05) is 25.1 Å². The first kappa shape index (κ1) is 13.9. The van der Waals surface area contributed by atoms with E-state index in [0.717, 1.165) is 18.3 Å². The number of nitrogens with one attached hydrogen (secondary N) is 1. The predicted molar refractivity (Wildman–Crippen MR) is 80.4 cm³/mol. The topological polar surface area (TPSA) is 15.3 Å². The number of nitrogens with zero attached hydrogens (tertiary/aromatic N) is 1. The summed E-state index contributed by atoms with van der Waals surface area (Å²) < 4.78 is 0. The third-order valence-electron chi connectivity index (χ3n) is 3.39. The van der Waals surface area contributed by atoms with Gasteiger partial charge in [0.2, 0.25) is 0 Å². The quantitative estimate of drug-likeness (QED) is 0.815. The van der Waals surface area contributed by atoms with E-state index in [9.17, 15) is 0 Å². The molecule has 0 spiro atoms. The second-order valence-corrected chi connectivity index (χ2v) is 6.30. The number of hydrogen-bond acceptors (Lipinski definition) is 3. The highest BCUT2D eigenvalue weighted by Gasteiger charge is 2.23. The molecular formula is C15H24N2S. The average Bonchev–Trinajstić information content (AvgIpc) is 2.78. The van der Waals surface area contributed by atoms with Crippen LogP contribution in [0.25, 0.3) is 0 Å². The molecule has 1 unspecified atom stereocenters. The van der Waals surface area contributed by atoms with Gasteiger partial charge in [-0.05, 0) is 38.1 Å². The van der Waals surface area contributed by atoms with E-state index in [1.807, 2.05) is 7.05 Å². The van der Waals surface area contributed by atoms with Crippen LogP contribution in [0, 0.1) is 0 Å². The van der Waals surface area contributed by atoms with Gasteiger partial charge in [0.15, 0.2) is 0 Å². The summed E-state index contributed by atoms with van der Waals surface area (Å²) in [4.78, 5) is 4.09. The molecule has 0 saturated heterocycles. The van der Waals surface area contributed by atoms with Gasteiger partial charge in [0.25, 0.3) is 0 Å². The van der Waals surface area contributed by atoms with Crippen molar-refractivity contribution in [1.29, 1.82) is 0 Å². The second-order valence-electron chi connectivity index (χ2n) is 4.96. The minimum absolute atomic E-state index is 0.741. The van der Waals surface area contributed by atoms with E-state index in [2.05, 4.69) is 53.2 Å². The van der Waals surface area contributed by atoms with E-state index in [0.29, 0.717) is 0 Å². The molecule has 100 valence electrons. The van der Waals surface area contributed by atoms with Gasteiger partial charge in [-0.25, -0.2) is 0 Å². The fraction of sp³-hybridized carbons (Fsp3) is 0.600. The van der Waals surface area contributed by atoms with Crippen molar-refractivity contribution < 1.29 is 0 Å². The minimum Gasteiger partial charge on any atom is -0.318 e. The highest BCUT2D eigenvalue weighted by atomic mass is 32.2. The van der Waals surface area contributed by atoms with Crippen molar-refractivity contribution in [2.75, 3.05) is 33.2 Å². The Balaban J connectivity index is 1.86. The fourth-order valence-electron chi connectivity index (χ4n) is 2.52. The van der Waals surface area contributed by atoms with Gasteiger partial charge in [0, 0.05) is 29.8 Å². The first-order chi connectivity index (χ1) is 8.83. The molecule has 2 rings (SSSR count). The van der Waals surface area contributed by atoms with Crippen molar-refractivity contribution in [3.05, 3.63) is 29.8 Å². The van der Waals surface area contributed by atoms with Crippen LogP contribution in [0.5, 0.6) is 0 Å². The number of benzene rings is 1. The fourth-order valence-corrected chi connectivity index (χ4v) is 3.89. The average molecular weight is 264 g/mol. The predicted octanol–water partition coefficient (Wildman–Crippen LogP) is 2.63. The largest absolute Gasteiger partial charge is 0.318 e. The van der Waals surface area contributed by atoms with E-state index in [4.69, 9.17) is 0 Å². The molecule has 0 saturated carbocycles. The molecule has 1 aromatic carbocycles. The molecule has 0 radical (unpaired) electrons. The Bertz CT molecular complexity index is 342. The Morgan fingerprint density at radius 2 is 2.17 bits per heavy atom. The van der Waals surface area contributed by atoms with Crippen molar-refractivity contribution in [2.45, 2.75) is 29.9 Å². The molecule has 18 heavy (non-hydrogen) atoms. The van der Waals surface area contributed by atoms with Crippen molar-refractivity contribution in [3.8, 4) is 0 Å². The van der Waals surface area contributed by atoms with Crippen molar-refractivity contribution in [1.82, 2.24) is 10.2 Å². The Labute approximate surface area is 115 Å². The summed E-state index contributed by atoms with van der Waals surface area (Å²) in [5.74, 6) is 0. The molecule has 0 aromatic heterocycles. The van der Waals surface area contributed by atoms with E-state index >= 15 is 0 Å². The van der Waals surface area contributed by atoms with Crippen LogP contribution in [0.15, 0.2) is 29.2 Å². The standard InChI is InChI=1S/C15H24N2S/c1-3-9-17(10-8-16-2)12-14-11-13-6-4-5-7-15(13)18-14/h4-7,14,16H,3,8-12H2,1-2H3. The van der Waals surface area contributed by atoms with Crippen LogP contribution < -0.4 is 5.32 Å². The van der Waals surface area contributed by atoms with Crippen LogP contribution in [-0.4, -0.2) is 43.4 Å². The zero-order chi connectivity index (χ0) is 12.8. The van der Waals surface area contributed by atoms with Gasteiger partial charge >= 0.3 is 0 Å². The van der Waals surface area contributed by atoms with E-state index < -0.39 is 0 Å². The number of hydrogen-bond donors (Lipinski definition) is 1. The number of thioether (sulfide) groups is 1. The molecule has 1 atom stereocenters. The third-order valence-corrected chi connectivity index (χ3v) is 4.69. The Hall–Kier alpha value is -0.510. The number of rotatable bonds is 7. The maximum Gasteiger partial charge on any atom is 0.0263 e. The van der Waals surface area contributed by atoms with Crippen LogP contribution in [0.3, 0.4) is 0 Å². The van der Waals surface area contributed by atoms with Gasteiger partial charge < -0.3 is 10.2 Å². The zero-order valence-electron chi connectivity index (χ0n) is 11.5. The molecule has 1 aliphatic rings. The highest BCUT2D eigenvalue weighted by molar-refractivity contribution is 8.00. The molecule has 2 nitrogen and oxygen atoms in total. The molecule has 1 heterocycles. The van der Waals surface area contributed by atoms with Crippen LogP contribution >= 0.6 is 11.8 Å². The maximum absolute atomic E-state index is 3.25. The number of likely N-dealkylation sites (N-methyl/N-ethyl adjacent to an activating group) is 1. The first-order valence-corrected chi connectivity index (χ1v) is 7.83. The zero-order valence-corrected chi connectivity index (χ0v) is 12.3.